The van der Waals surface area contributed by atoms with Gasteiger partial charge in [-0.3, -0.25) is 4.79 Å². The maximum Gasteiger partial charge on any atom is 0.314 e. The predicted octanol–water partition coefficient (Wildman–Crippen LogP) is 1.12. The Morgan fingerprint density at radius 3 is 2.26 bits per heavy atom. The van der Waals surface area contributed by atoms with Gasteiger partial charge in [0.15, 0.2) is 5.78 Å². The van der Waals surface area contributed by atoms with E-state index in [1.165, 1.54) is 0 Å². The molecule has 2 heterocycles. The molecule has 2 amide bonds. The Morgan fingerprint density at radius 1 is 1.32 bits per heavy atom. The zero-order valence-corrected chi connectivity index (χ0v) is 12.2. The molecule has 0 aromatic carbocycles. The van der Waals surface area contributed by atoms with Crippen LogP contribution in [0.25, 0.3) is 0 Å². The molecule has 0 aromatic heterocycles. The van der Waals surface area contributed by atoms with Gasteiger partial charge in [-0.25, -0.2) is 4.79 Å². The Morgan fingerprint density at radius 2 is 1.89 bits per heavy atom. The molecule has 2 fully saturated rings. The lowest BCUT2D eigenvalue weighted by molar-refractivity contribution is -0.132. The van der Waals surface area contributed by atoms with Crippen molar-refractivity contribution in [1.29, 1.82) is 0 Å². The zero-order valence-electron chi connectivity index (χ0n) is 12.2. The highest BCUT2D eigenvalue weighted by Gasteiger charge is 2.51. The number of Topliss-reactive ketones (excluding diaryl/α,β-unsaturated/α-hetero) is 1. The van der Waals surface area contributed by atoms with Gasteiger partial charge in [0.05, 0.1) is 6.04 Å². The highest BCUT2D eigenvalue weighted by Crippen LogP contribution is 2.41. The van der Waals surface area contributed by atoms with Crippen molar-refractivity contribution in [3.63, 3.8) is 0 Å². The van der Waals surface area contributed by atoms with Gasteiger partial charge in [-0.2, -0.15) is 0 Å². The van der Waals surface area contributed by atoms with Crippen LogP contribution in [0.15, 0.2) is 0 Å². The highest BCUT2D eigenvalue weighted by molar-refractivity contribution is 5.86. The molecular weight excluding hydrogens is 242 g/mol. The van der Waals surface area contributed by atoms with Crippen molar-refractivity contribution in [3.05, 3.63) is 0 Å². The van der Waals surface area contributed by atoms with E-state index in [0.717, 1.165) is 19.4 Å². The van der Waals surface area contributed by atoms with E-state index in [1.54, 1.807) is 4.90 Å². The van der Waals surface area contributed by atoms with E-state index in [0.29, 0.717) is 25.3 Å². The molecule has 5 nitrogen and oxygen atoms in total. The summed E-state index contributed by atoms with van der Waals surface area (Å²) in [4.78, 5) is 25.2. The molecule has 3 N–H and O–H groups in total. The number of carbonyl (C=O) groups is 2. The summed E-state index contributed by atoms with van der Waals surface area (Å²) < 4.78 is 0. The van der Waals surface area contributed by atoms with Crippen molar-refractivity contribution in [2.45, 2.75) is 46.1 Å². The molecule has 2 rings (SSSR count). The average Bonchev–Trinajstić information content (AvgIpc) is 2.25. The van der Waals surface area contributed by atoms with Crippen molar-refractivity contribution >= 4 is 11.8 Å². The van der Waals surface area contributed by atoms with Gasteiger partial charge in [0, 0.05) is 31.5 Å². The van der Waals surface area contributed by atoms with Crippen molar-refractivity contribution in [3.8, 4) is 0 Å². The third kappa shape index (κ3) is 2.91. The average molecular weight is 267 g/mol. The largest absolute Gasteiger partial charge is 0.351 e. The quantitative estimate of drug-likeness (QED) is 0.787. The lowest BCUT2D eigenvalue weighted by Gasteiger charge is -2.53. The molecule has 2 aliphatic rings. The Labute approximate surface area is 114 Å². The number of amides is 2. The number of ketones is 1. The van der Waals surface area contributed by atoms with Gasteiger partial charge in [-0.05, 0) is 18.3 Å². The van der Waals surface area contributed by atoms with Crippen LogP contribution in [0.5, 0.6) is 0 Å². The third-order valence-corrected chi connectivity index (χ3v) is 4.37. The summed E-state index contributed by atoms with van der Waals surface area (Å²) in [6.07, 6.45) is 2.36. The summed E-state index contributed by atoms with van der Waals surface area (Å²) >= 11 is 0. The van der Waals surface area contributed by atoms with E-state index in [-0.39, 0.29) is 22.9 Å². The molecule has 0 bridgehead atoms. The Hall–Kier alpha value is -1.10. The fraction of sp³-hybridized carbons (Fsp3) is 0.857. The number of hydrogen-bond donors (Lipinski definition) is 2. The number of nitrogens with one attached hydrogen (secondary N) is 1. The normalized spacial score (nSPS) is 26.1. The van der Waals surface area contributed by atoms with Crippen LogP contribution in [0.3, 0.4) is 0 Å². The van der Waals surface area contributed by atoms with E-state index < -0.39 is 0 Å². The second-order valence-electron chi connectivity index (χ2n) is 7.21. The number of nitrogens with two attached hydrogens (primary N) is 1. The smallest absolute Gasteiger partial charge is 0.314 e. The van der Waals surface area contributed by atoms with Gasteiger partial charge in [-0.15, -0.1) is 0 Å². The molecule has 5 heteroatoms. The Kier molecular flexibility index (Phi) is 3.60. The second kappa shape index (κ2) is 4.78. The van der Waals surface area contributed by atoms with E-state index >= 15 is 0 Å². The fourth-order valence-corrected chi connectivity index (χ4v) is 3.21. The summed E-state index contributed by atoms with van der Waals surface area (Å²) in [6.45, 7) is 8.51. The molecule has 1 atom stereocenters. The van der Waals surface area contributed by atoms with Crippen LogP contribution < -0.4 is 11.1 Å². The monoisotopic (exact) mass is 267 g/mol. The molecule has 108 valence electrons. The van der Waals surface area contributed by atoms with E-state index in [2.05, 4.69) is 26.1 Å². The molecule has 2 saturated heterocycles. The first-order chi connectivity index (χ1) is 8.73. The molecule has 19 heavy (non-hydrogen) atoms. The van der Waals surface area contributed by atoms with Crippen LogP contribution in [0.1, 0.15) is 40.0 Å². The van der Waals surface area contributed by atoms with E-state index in [4.69, 9.17) is 5.73 Å². The number of carbonyl (C=O) groups excluding carboxylic acids is 2. The molecule has 1 unspecified atom stereocenters. The number of piperidine rings is 1. The van der Waals surface area contributed by atoms with Gasteiger partial charge >= 0.3 is 6.03 Å². The summed E-state index contributed by atoms with van der Waals surface area (Å²) in [7, 11) is 0. The van der Waals surface area contributed by atoms with Crippen molar-refractivity contribution in [2.24, 2.45) is 16.6 Å². The summed E-state index contributed by atoms with van der Waals surface area (Å²) in [5.74, 6) is 0.311. The lowest BCUT2D eigenvalue weighted by atomic mass is 9.64. The number of nitrogens with zero attached hydrogens (tertiary/aromatic N) is 1. The minimum Gasteiger partial charge on any atom is -0.351 e. The third-order valence-electron chi connectivity index (χ3n) is 4.37. The number of urea groups is 1. The molecule has 2 aliphatic heterocycles. The van der Waals surface area contributed by atoms with Crippen LogP contribution in [-0.2, 0) is 4.79 Å². The lowest BCUT2D eigenvalue weighted by Crippen LogP contribution is -2.69. The van der Waals surface area contributed by atoms with Crippen molar-refractivity contribution in [1.82, 2.24) is 10.2 Å². The maximum absolute atomic E-state index is 12.4. The highest BCUT2D eigenvalue weighted by atomic mass is 16.2. The second-order valence-corrected chi connectivity index (χ2v) is 7.21. The van der Waals surface area contributed by atoms with Crippen LogP contribution >= 0.6 is 0 Å². The minimum absolute atomic E-state index is 0.0262. The van der Waals surface area contributed by atoms with Gasteiger partial charge < -0.3 is 16.0 Å². The van der Waals surface area contributed by atoms with Crippen molar-refractivity contribution in [2.75, 3.05) is 19.6 Å². The molecular formula is C14H25N3O2. The van der Waals surface area contributed by atoms with Crippen LogP contribution in [-0.4, -0.2) is 42.4 Å². The molecule has 0 saturated carbocycles. The molecule has 0 aliphatic carbocycles. The fourth-order valence-electron chi connectivity index (χ4n) is 3.21. The Balaban J connectivity index is 1.95. The van der Waals surface area contributed by atoms with Gasteiger partial charge in [0.1, 0.15) is 0 Å². The number of rotatable bonds is 2. The van der Waals surface area contributed by atoms with E-state index in [9.17, 15) is 9.59 Å². The van der Waals surface area contributed by atoms with Crippen molar-refractivity contribution < 1.29 is 9.59 Å². The maximum atomic E-state index is 12.4. The number of primary amides is 1. The minimum atomic E-state index is -0.347. The molecule has 1 spiro atoms. The van der Waals surface area contributed by atoms with Gasteiger partial charge in [0.2, 0.25) is 0 Å². The molecule has 0 radical (unpaired) electrons. The first kappa shape index (κ1) is 14.3. The van der Waals surface area contributed by atoms with Crippen LogP contribution in [0, 0.1) is 10.8 Å². The standard InChI is InChI=1S/C14H25N3O2/c1-13(2,3)8-10(18)11-14(9-16-11)4-6-17(7-5-14)12(15)19/h11,16H,4-9H2,1-3H3,(H2,15,19). The molecule has 0 aromatic rings. The zero-order chi connectivity index (χ0) is 14.3. The first-order valence-corrected chi connectivity index (χ1v) is 7.04. The summed E-state index contributed by atoms with van der Waals surface area (Å²) in [5, 5.41) is 3.29. The summed E-state index contributed by atoms with van der Waals surface area (Å²) in [6, 6.07) is -0.374. The van der Waals surface area contributed by atoms with Gasteiger partial charge in [0.25, 0.3) is 0 Å². The number of likely N-dealkylation sites (tertiary alicyclic amines) is 1. The Bertz CT molecular complexity index is 379. The predicted molar refractivity (Wildman–Crippen MR) is 73.7 cm³/mol. The number of hydrogen-bond acceptors (Lipinski definition) is 3. The first-order valence-electron chi connectivity index (χ1n) is 7.04. The summed E-state index contributed by atoms with van der Waals surface area (Å²) in [5.41, 5.74) is 5.39. The van der Waals surface area contributed by atoms with Gasteiger partial charge in [-0.1, -0.05) is 20.8 Å². The topological polar surface area (TPSA) is 75.4 Å². The van der Waals surface area contributed by atoms with Crippen LogP contribution in [0.4, 0.5) is 4.79 Å². The SMILES string of the molecule is CC(C)(C)CC(=O)C1NCC12CCN(C(N)=O)CC2. The van der Waals surface area contributed by atoms with E-state index in [1.807, 2.05) is 0 Å². The van der Waals surface area contributed by atoms with Crippen LogP contribution in [0.2, 0.25) is 0 Å².